The van der Waals surface area contributed by atoms with Crippen molar-refractivity contribution in [2.45, 2.75) is 13.0 Å². The van der Waals surface area contributed by atoms with E-state index in [9.17, 15) is 8.78 Å². The molecule has 0 heterocycles. The standard InChI is InChI=1S/C16H17F2NO/c1-20-15-7-3-5-13(16(15)18)11-19-9-8-12-4-2-6-14(17)10-12/h2-7,10,19H,8-9,11H2,1H3. The lowest BCUT2D eigenvalue weighted by Crippen LogP contribution is -2.17. The molecule has 0 amide bonds. The van der Waals surface area contributed by atoms with Crippen molar-refractivity contribution >= 4 is 0 Å². The van der Waals surface area contributed by atoms with E-state index in [1.165, 1.54) is 19.2 Å². The summed E-state index contributed by atoms with van der Waals surface area (Å²) in [6.45, 7) is 1.07. The lowest BCUT2D eigenvalue weighted by atomic mass is 10.1. The Hall–Kier alpha value is -1.94. The summed E-state index contributed by atoms with van der Waals surface area (Å²) < 4.78 is 31.8. The average molecular weight is 277 g/mol. The molecule has 1 N–H and O–H groups in total. The van der Waals surface area contributed by atoms with Crippen molar-refractivity contribution in [2.24, 2.45) is 0 Å². The van der Waals surface area contributed by atoms with E-state index in [4.69, 9.17) is 4.74 Å². The van der Waals surface area contributed by atoms with Gasteiger partial charge in [-0.2, -0.15) is 0 Å². The highest BCUT2D eigenvalue weighted by molar-refractivity contribution is 5.30. The van der Waals surface area contributed by atoms with Crippen molar-refractivity contribution in [3.63, 3.8) is 0 Å². The van der Waals surface area contributed by atoms with Crippen LogP contribution in [0.15, 0.2) is 42.5 Å². The number of rotatable bonds is 6. The third kappa shape index (κ3) is 3.78. The number of halogens is 2. The molecular formula is C16H17F2NO. The Bertz CT molecular complexity index is 572. The molecule has 4 heteroatoms. The number of methoxy groups -OCH3 is 1. The van der Waals surface area contributed by atoms with Crippen LogP contribution < -0.4 is 10.1 Å². The number of benzene rings is 2. The molecule has 20 heavy (non-hydrogen) atoms. The second kappa shape index (κ2) is 7.01. The minimum atomic E-state index is -0.340. The van der Waals surface area contributed by atoms with Crippen LogP contribution in [0.4, 0.5) is 8.78 Å². The van der Waals surface area contributed by atoms with Crippen molar-refractivity contribution in [3.05, 3.63) is 65.2 Å². The molecule has 0 fully saturated rings. The van der Waals surface area contributed by atoms with Gasteiger partial charge in [-0.05, 0) is 36.7 Å². The van der Waals surface area contributed by atoms with E-state index in [1.54, 1.807) is 24.3 Å². The molecule has 0 saturated carbocycles. The Morgan fingerprint density at radius 1 is 1.10 bits per heavy atom. The first kappa shape index (κ1) is 14.5. The molecule has 2 aromatic carbocycles. The molecule has 0 saturated heterocycles. The van der Waals surface area contributed by atoms with Crippen molar-refractivity contribution in [1.82, 2.24) is 5.32 Å². The van der Waals surface area contributed by atoms with Crippen LogP contribution in [0.3, 0.4) is 0 Å². The van der Waals surface area contributed by atoms with Gasteiger partial charge in [0.2, 0.25) is 0 Å². The second-order valence-electron chi connectivity index (χ2n) is 4.49. The topological polar surface area (TPSA) is 21.3 Å². The summed E-state index contributed by atoms with van der Waals surface area (Å²) >= 11 is 0. The summed E-state index contributed by atoms with van der Waals surface area (Å²) in [4.78, 5) is 0. The highest BCUT2D eigenvalue weighted by Crippen LogP contribution is 2.19. The molecule has 2 nitrogen and oxygen atoms in total. The molecule has 2 aromatic rings. The van der Waals surface area contributed by atoms with Gasteiger partial charge in [-0.25, -0.2) is 8.78 Å². The summed E-state index contributed by atoms with van der Waals surface area (Å²) in [5, 5.41) is 3.14. The van der Waals surface area contributed by atoms with Crippen LogP contribution in [-0.4, -0.2) is 13.7 Å². The number of hydrogen-bond acceptors (Lipinski definition) is 2. The average Bonchev–Trinajstić information content (AvgIpc) is 2.45. The van der Waals surface area contributed by atoms with Gasteiger partial charge in [0.15, 0.2) is 11.6 Å². The van der Waals surface area contributed by atoms with Gasteiger partial charge in [-0.15, -0.1) is 0 Å². The van der Waals surface area contributed by atoms with Gasteiger partial charge >= 0.3 is 0 Å². The van der Waals surface area contributed by atoms with Crippen molar-refractivity contribution in [3.8, 4) is 5.75 Å². The van der Waals surface area contributed by atoms with Gasteiger partial charge < -0.3 is 10.1 Å². The maximum Gasteiger partial charge on any atom is 0.169 e. The van der Waals surface area contributed by atoms with Crippen LogP contribution in [0.1, 0.15) is 11.1 Å². The molecule has 0 spiro atoms. The fraction of sp³-hybridized carbons (Fsp3) is 0.250. The quantitative estimate of drug-likeness (QED) is 0.818. The first-order valence-electron chi connectivity index (χ1n) is 6.47. The highest BCUT2D eigenvalue weighted by atomic mass is 19.1. The van der Waals surface area contributed by atoms with E-state index < -0.39 is 0 Å². The minimum Gasteiger partial charge on any atom is -0.494 e. The molecule has 0 aliphatic carbocycles. The first-order chi connectivity index (χ1) is 9.70. The Kier molecular flexibility index (Phi) is 5.07. The maximum atomic E-state index is 13.9. The maximum absolute atomic E-state index is 13.9. The zero-order valence-corrected chi connectivity index (χ0v) is 11.3. The Labute approximate surface area is 117 Å². The highest BCUT2D eigenvalue weighted by Gasteiger charge is 2.07. The SMILES string of the molecule is COc1cccc(CNCCc2cccc(F)c2)c1F. The number of hydrogen-bond donors (Lipinski definition) is 1. The van der Waals surface area contributed by atoms with Crippen LogP contribution >= 0.6 is 0 Å². The Morgan fingerprint density at radius 3 is 2.65 bits per heavy atom. The Balaban J connectivity index is 1.84. The van der Waals surface area contributed by atoms with E-state index >= 15 is 0 Å². The molecular weight excluding hydrogens is 260 g/mol. The molecule has 0 atom stereocenters. The monoisotopic (exact) mass is 277 g/mol. The van der Waals surface area contributed by atoms with Crippen LogP contribution in [0.25, 0.3) is 0 Å². The summed E-state index contributed by atoms with van der Waals surface area (Å²) in [6, 6.07) is 11.5. The summed E-state index contributed by atoms with van der Waals surface area (Å²) in [5.74, 6) is -0.330. The van der Waals surface area contributed by atoms with Crippen LogP contribution in [-0.2, 0) is 13.0 Å². The van der Waals surface area contributed by atoms with Crippen LogP contribution in [0.5, 0.6) is 5.75 Å². The summed E-state index contributed by atoms with van der Waals surface area (Å²) in [7, 11) is 1.44. The normalized spacial score (nSPS) is 10.6. The van der Waals surface area contributed by atoms with Gasteiger partial charge in [0.25, 0.3) is 0 Å². The minimum absolute atomic E-state index is 0.235. The molecule has 0 aliphatic rings. The molecule has 106 valence electrons. The third-order valence-electron chi connectivity index (χ3n) is 3.06. The van der Waals surface area contributed by atoms with Gasteiger partial charge in [-0.3, -0.25) is 0 Å². The summed E-state index contributed by atoms with van der Waals surface area (Å²) in [5.41, 5.74) is 1.48. The van der Waals surface area contributed by atoms with E-state index in [0.29, 0.717) is 25.1 Å². The molecule has 2 rings (SSSR count). The van der Waals surface area contributed by atoms with Crippen molar-refractivity contribution < 1.29 is 13.5 Å². The fourth-order valence-corrected chi connectivity index (χ4v) is 2.00. The number of nitrogens with one attached hydrogen (secondary N) is 1. The van der Waals surface area contributed by atoms with Gasteiger partial charge in [0, 0.05) is 12.1 Å². The molecule has 0 radical (unpaired) electrons. The zero-order chi connectivity index (χ0) is 14.4. The lowest BCUT2D eigenvalue weighted by molar-refractivity contribution is 0.383. The van der Waals surface area contributed by atoms with E-state index in [1.807, 2.05) is 6.07 Å². The molecule has 0 bridgehead atoms. The number of ether oxygens (including phenoxy) is 1. The Morgan fingerprint density at radius 2 is 1.90 bits per heavy atom. The lowest BCUT2D eigenvalue weighted by Gasteiger charge is -2.08. The van der Waals surface area contributed by atoms with Crippen LogP contribution in [0.2, 0.25) is 0 Å². The molecule has 0 aliphatic heterocycles. The zero-order valence-electron chi connectivity index (χ0n) is 11.3. The second-order valence-corrected chi connectivity index (χ2v) is 4.49. The van der Waals surface area contributed by atoms with Crippen LogP contribution in [0, 0.1) is 11.6 Å². The molecule has 0 aromatic heterocycles. The van der Waals surface area contributed by atoms with E-state index in [2.05, 4.69) is 5.32 Å². The van der Waals surface area contributed by atoms with Crippen molar-refractivity contribution in [1.29, 1.82) is 0 Å². The third-order valence-corrected chi connectivity index (χ3v) is 3.06. The molecule has 0 unspecified atom stereocenters. The van der Waals surface area contributed by atoms with Gasteiger partial charge in [0.05, 0.1) is 7.11 Å². The van der Waals surface area contributed by atoms with E-state index in [-0.39, 0.29) is 17.4 Å². The largest absolute Gasteiger partial charge is 0.494 e. The van der Waals surface area contributed by atoms with Crippen molar-refractivity contribution in [2.75, 3.05) is 13.7 Å². The fourth-order valence-electron chi connectivity index (χ4n) is 2.00. The smallest absolute Gasteiger partial charge is 0.169 e. The predicted octanol–water partition coefficient (Wildman–Crippen LogP) is 3.31. The van der Waals surface area contributed by atoms with Gasteiger partial charge in [0.1, 0.15) is 5.82 Å². The van der Waals surface area contributed by atoms with Gasteiger partial charge in [-0.1, -0.05) is 24.3 Å². The van der Waals surface area contributed by atoms with E-state index in [0.717, 1.165) is 5.56 Å². The predicted molar refractivity (Wildman–Crippen MR) is 74.8 cm³/mol. The summed E-state index contributed by atoms with van der Waals surface area (Å²) in [6.07, 6.45) is 0.698. The first-order valence-corrected chi connectivity index (χ1v) is 6.47.